The first-order valence-electron chi connectivity index (χ1n) is 10.0. The van der Waals surface area contributed by atoms with Crippen molar-refractivity contribution in [2.75, 3.05) is 7.11 Å². The van der Waals surface area contributed by atoms with Crippen molar-refractivity contribution in [3.8, 4) is 17.0 Å². The van der Waals surface area contributed by atoms with Crippen LogP contribution in [0.4, 0.5) is 0 Å². The molecule has 4 rings (SSSR count). The van der Waals surface area contributed by atoms with Crippen molar-refractivity contribution in [3.63, 3.8) is 0 Å². The smallest absolute Gasteiger partial charge is 0.342 e. The number of aromatic carboxylic acids is 1. The lowest BCUT2D eigenvalue weighted by Gasteiger charge is -2.10. The number of nitrogens with one attached hydrogen (secondary N) is 1. The molecule has 0 saturated heterocycles. The van der Waals surface area contributed by atoms with E-state index in [0.717, 1.165) is 17.0 Å². The van der Waals surface area contributed by atoms with Crippen LogP contribution < -0.4 is 14.6 Å². The molecule has 8 heteroatoms. The maximum atomic E-state index is 12.8. The van der Waals surface area contributed by atoms with E-state index < -0.39 is 5.97 Å². The van der Waals surface area contributed by atoms with Crippen molar-refractivity contribution in [1.82, 2.24) is 14.7 Å². The van der Waals surface area contributed by atoms with Gasteiger partial charge in [-0.05, 0) is 36.8 Å². The SMILES string of the molecule is COc1ccccc1-c1cnc2cc(C(=O)NCc3c(C(=O)O)c(C)cc[n+]3C)ccn12. The number of aromatic nitrogens is 3. The Morgan fingerprint density at radius 3 is 2.75 bits per heavy atom. The highest BCUT2D eigenvalue weighted by atomic mass is 16.5. The van der Waals surface area contributed by atoms with Gasteiger partial charge in [-0.3, -0.25) is 9.20 Å². The van der Waals surface area contributed by atoms with Crippen molar-refractivity contribution in [2.24, 2.45) is 7.05 Å². The number of para-hydroxylation sites is 1. The van der Waals surface area contributed by atoms with Crippen LogP contribution in [0.3, 0.4) is 0 Å². The average molecular weight is 431 g/mol. The van der Waals surface area contributed by atoms with Crippen LogP contribution >= 0.6 is 0 Å². The minimum Gasteiger partial charge on any atom is -0.496 e. The number of carbonyl (C=O) groups excluding carboxylic acids is 1. The van der Waals surface area contributed by atoms with Crippen molar-refractivity contribution in [2.45, 2.75) is 13.5 Å². The van der Waals surface area contributed by atoms with Crippen LogP contribution in [-0.4, -0.2) is 33.5 Å². The number of ether oxygens (including phenoxy) is 1. The number of nitrogens with zero attached hydrogens (tertiary/aromatic N) is 3. The molecule has 0 aliphatic carbocycles. The van der Waals surface area contributed by atoms with Crippen LogP contribution in [0.2, 0.25) is 0 Å². The van der Waals surface area contributed by atoms with Gasteiger partial charge in [0.2, 0.25) is 5.69 Å². The molecule has 0 bridgehead atoms. The molecule has 8 nitrogen and oxygen atoms in total. The fourth-order valence-corrected chi connectivity index (χ4v) is 3.75. The number of hydrogen-bond donors (Lipinski definition) is 2. The molecule has 0 radical (unpaired) electrons. The molecule has 1 aromatic carbocycles. The molecule has 3 aromatic heterocycles. The lowest BCUT2D eigenvalue weighted by Crippen LogP contribution is -2.39. The Balaban J connectivity index is 1.60. The molecule has 0 aliphatic rings. The van der Waals surface area contributed by atoms with E-state index in [-0.39, 0.29) is 18.0 Å². The quantitative estimate of drug-likeness (QED) is 0.458. The molecule has 0 aliphatic heterocycles. The van der Waals surface area contributed by atoms with Crippen molar-refractivity contribution < 1.29 is 24.0 Å². The van der Waals surface area contributed by atoms with Gasteiger partial charge in [-0.15, -0.1) is 0 Å². The van der Waals surface area contributed by atoms with Crippen molar-refractivity contribution in [1.29, 1.82) is 0 Å². The maximum absolute atomic E-state index is 12.8. The number of benzene rings is 1. The van der Waals surface area contributed by atoms with Crippen LogP contribution in [0.25, 0.3) is 16.9 Å². The number of fused-ring (bicyclic) bond motifs is 1. The molecule has 162 valence electrons. The third-order valence-electron chi connectivity index (χ3n) is 5.45. The van der Waals surface area contributed by atoms with E-state index in [2.05, 4.69) is 10.3 Å². The average Bonchev–Trinajstić information content (AvgIpc) is 3.22. The van der Waals surface area contributed by atoms with E-state index in [1.807, 2.05) is 28.7 Å². The van der Waals surface area contributed by atoms with Crippen molar-refractivity contribution in [3.05, 3.63) is 83.4 Å². The molecule has 32 heavy (non-hydrogen) atoms. The van der Waals surface area contributed by atoms with Gasteiger partial charge in [-0.25, -0.2) is 14.3 Å². The molecule has 0 saturated carbocycles. The molecule has 1 amide bonds. The predicted molar refractivity (Wildman–Crippen MR) is 118 cm³/mol. The summed E-state index contributed by atoms with van der Waals surface area (Å²) in [7, 11) is 3.37. The van der Waals surface area contributed by atoms with Crippen LogP contribution in [0.1, 0.15) is 32.0 Å². The molecule has 0 unspecified atom stereocenters. The summed E-state index contributed by atoms with van der Waals surface area (Å²) in [4.78, 5) is 28.9. The van der Waals surface area contributed by atoms with Crippen LogP contribution in [0.15, 0.2) is 61.1 Å². The number of aryl methyl sites for hydroxylation is 2. The van der Waals surface area contributed by atoms with E-state index in [1.165, 1.54) is 0 Å². The van der Waals surface area contributed by atoms with Gasteiger partial charge in [0.25, 0.3) is 5.91 Å². The number of amides is 1. The van der Waals surface area contributed by atoms with Gasteiger partial charge in [-0.1, -0.05) is 12.1 Å². The van der Waals surface area contributed by atoms with E-state index >= 15 is 0 Å². The Hall–Kier alpha value is -4.20. The van der Waals surface area contributed by atoms with Gasteiger partial charge in [0.15, 0.2) is 6.20 Å². The highest BCUT2D eigenvalue weighted by Crippen LogP contribution is 2.30. The Morgan fingerprint density at radius 2 is 2.00 bits per heavy atom. The first-order valence-corrected chi connectivity index (χ1v) is 10.0. The van der Waals surface area contributed by atoms with Gasteiger partial charge in [0.1, 0.15) is 30.6 Å². The Kier molecular flexibility index (Phi) is 5.59. The summed E-state index contributed by atoms with van der Waals surface area (Å²) in [5, 5.41) is 12.4. The van der Waals surface area contributed by atoms with Crippen molar-refractivity contribution >= 4 is 17.5 Å². The molecule has 4 aromatic rings. The van der Waals surface area contributed by atoms with E-state index in [1.54, 1.807) is 62.4 Å². The number of imidazole rings is 1. The third kappa shape index (κ3) is 3.78. The second-order valence-electron chi connectivity index (χ2n) is 7.41. The minimum absolute atomic E-state index is 0.0880. The molecule has 0 fully saturated rings. The van der Waals surface area contributed by atoms with E-state index in [9.17, 15) is 14.7 Å². The lowest BCUT2D eigenvalue weighted by atomic mass is 10.1. The molecule has 3 heterocycles. The monoisotopic (exact) mass is 431 g/mol. The van der Waals surface area contributed by atoms with E-state index in [0.29, 0.717) is 22.5 Å². The molecule has 0 atom stereocenters. The maximum Gasteiger partial charge on any atom is 0.342 e. The fourth-order valence-electron chi connectivity index (χ4n) is 3.75. The normalized spacial score (nSPS) is 10.8. The van der Waals surface area contributed by atoms with Gasteiger partial charge < -0.3 is 15.2 Å². The molecular formula is C24H23N4O4+. The van der Waals surface area contributed by atoms with Crippen LogP contribution in [0, 0.1) is 6.92 Å². The summed E-state index contributed by atoms with van der Waals surface area (Å²) in [6.45, 7) is 1.82. The summed E-state index contributed by atoms with van der Waals surface area (Å²) in [6.07, 6.45) is 5.30. The van der Waals surface area contributed by atoms with Crippen LogP contribution in [0.5, 0.6) is 5.75 Å². The number of rotatable bonds is 6. The minimum atomic E-state index is -1.02. The first-order chi connectivity index (χ1) is 15.4. The number of carboxylic acids is 1. The van der Waals surface area contributed by atoms with Crippen LogP contribution in [-0.2, 0) is 13.6 Å². The number of carboxylic acid groups (broad SMARTS) is 1. The summed E-state index contributed by atoms with van der Waals surface area (Å²) >= 11 is 0. The summed E-state index contributed by atoms with van der Waals surface area (Å²) in [5.74, 6) is -0.603. The van der Waals surface area contributed by atoms with Gasteiger partial charge >= 0.3 is 5.97 Å². The predicted octanol–water partition coefficient (Wildman–Crippen LogP) is 2.77. The second kappa shape index (κ2) is 8.50. The standard InChI is InChI=1S/C24H22N4O4/c1-15-8-10-27(2)19(22(15)24(30)31)14-26-23(29)16-9-11-28-18(13-25-21(28)12-16)17-6-4-5-7-20(17)32-3/h4-13H,14H2,1-3H3,(H-,26,29,30,31)/p+1. The van der Waals surface area contributed by atoms with E-state index in [4.69, 9.17) is 4.74 Å². The van der Waals surface area contributed by atoms with Gasteiger partial charge in [0.05, 0.1) is 19.0 Å². The Bertz CT molecular complexity index is 1340. The summed E-state index contributed by atoms with van der Waals surface area (Å²) in [6, 6.07) is 12.8. The topological polar surface area (TPSA) is 96.8 Å². The number of hydrogen-bond acceptors (Lipinski definition) is 4. The Labute approximate surface area is 184 Å². The zero-order valence-electron chi connectivity index (χ0n) is 18.0. The summed E-state index contributed by atoms with van der Waals surface area (Å²) < 4.78 is 9.04. The third-order valence-corrected chi connectivity index (χ3v) is 5.45. The van der Waals surface area contributed by atoms with Gasteiger partial charge in [-0.2, -0.15) is 0 Å². The molecule has 2 N–H and O–H groups in total. The zero-order valence-corrected chi connectivity index (χ0v) is 18.0. The zero-order chi connectivity index (χ0) is 22.8. The number of methoxy groups -OCH3 is 1. The first kappa shape index (κ1) is 21.0. The lowest BCUT2D eigenvalue weighted by molar-refractivity contribution is -0.679. The number of carbonyl (C=O) groups is 2. The second-order valence-corrected chi connectivity index (χ2v) is 7.41. The molecular weight excluding hydrogens is 408 g/mol. The fraction of sp³-hybridized carbons (Fsp3) is 0.167. The molecule has 0 spiro atoms. The highest BCUT2D eigenvalue weighted by Gasteiger charge is 2.23. The Morgan fingerprint density at radius 1 is 1.22 bits per heavy atom. The largest absolute Gasteiger partial charge is 0.496 e. The number of pyridine rings is 2. The highest BCUT2D eigenvalue weighted by molar-refractivity contribution is 5.95. The van der Waals surface area contributed by atoms with Gasteiger partial charge in [0, 0.05) is 23.4 Å². The summed E-state index contributed by atoms with van der Waals surface area (Å²) in [5.41, 5.74) is 4.15.